The fourth-order valence-electron chi connectivity index (χ4n) is 3.31. The van der Waals surface area contributed by atoms with E-state index in [-0.39, 0.29) is 18.3 Å². The number of Topliss-reactive ketones (excluding diaryl/α,β-unsaturated/α-hetero) is 1. The van der Waals surface area contributed by atoms with E-state index in [2.05, 4.69) is 10.3 Å². The van der Waals surface area contributed by atoms with Crippen LogP contribution in [0.3, 0.4) is 0 Å². The highest BCUT2D eigenvalue weighted by Crippen LogP contribution is 2.34. The third-order valence-electron chi connectivity index (χ3n) is 4.62. The van der Waals surface area contributed by atoms with E-state index in [1.807, 2.05) is 43.3 Å². The molecule has 6 heteroatoms. The van der Waals surface area contributed by atoms with Crippen LogP contribution >= 0.6 is 0 Å². The minimum absolute atomic E-state index is 0.0991. The topological polar surface area (TPSA) is 77.5 Å². The smallest absolute Gasteiger partial charge is 0.434 e. The van der Waals surface area contributed by atoms with Gasteiger partial charge in [0, 0.05) is 12.4 Å². The molecule has 0 radical (unpaired) electrons. The average Bonchev–Trinajstić information content (AvgIpc) is 2.70. The van der Waals surface area contributed by atoms with E-state index in [1.54, 1.807) is 18.5 Å². The molecule has 0 bridgehead atoms. The van der Waals surface area contributed by atoms with Crippen LogP contribution in [0.5, 0.6) is 0 Å². The van der Waals surface area contributed by atoms with E-state index in [0.717, 1.165) is 11.3 Å². The van der Waals surface area contributed by atoms with Gasteiger partial charge in [-0.2, -0.15) is 0 Å². The van der Waals surface area contributed by atoms with Crippen LogP contribution < -0.4 is 5.32 Å². The van der Waals surface area contributed by atoms with Crippen LogP contribution in [0.25, 0.3) is 0 Å². The van der Waals surface area contributed by atoms with Gasteiger partial charge in [0.2, 0.25) is 0 Å². The predicted molar refractivity (Wildman–Crippen MR) is 102 cm³/mol. The normalized spacial score (nSPS) is 22.1. The van der Waals surface area contributed by atoms with Gasteiger partial charge < -0.3 is 14.8 Å². The van der Waals surface area contributed by atoms with Gasteiger partial charge in [0.05, 0.1) is 18.3 Å². The third-order valence-corrected chi connectivity index (χ3v) is 4.62. The SMILES string of the molecule is CCCOC(=O)OC1CC(c2ccccc2)CC(Nc2cccnc2)C1=O. The molecule has 142 valence electrons. The molecule has 1 aromatic carbocycles. The first-order chi connectivity index (χ1) is 13.2. The summed E-state index contributed by atoms with van der Waals surface area (Å²) in [5.74, 6) is -0.0403. The van der Waals surface area contributed by atoms with Crippen molar-refractivity contribution >= 4 is 17.6 Å². The summed E-state index contributed by atoms with van der Waals surface area (Å²) in [5, 5.41) is 3.23. The van der Waals surface area contributed by atoms with Crippen molar-refractivity contribution in [3.8, 4) is 0 Å². The molecule has 0 saturated heterocycles. The number of benzene rings is 1. The van der Waals surface area contributed by atoms with Gasteiger partial charge in [-0.15, -0.1) is 0 Å². The van der Waals surface area contributed by atoms with Crippen molar-refractivity contribution in [1.82, 2.24) is 4.98 Å². The van der Waals surface area contributed by atoms with Gasteiger partial charge in [0.25, 0.3) is 0 Å². The minimum Gasteiger partial charge on any atom is -0.434 e. The third kappa shape index (κ3) is 5.06. The van der Waals surface area contributed by atoms with Gasteiger partial charge in [-0.05, 0) is 42.9 Å². The lowest BCUT2D eigenvalue weighted by atomic mass is 9.79. The maximum Gasteiger partial charge on any atom is 0.508 e. The summed E-state index contributed by atoms with van der Waals surface area (Å²) in [6, 6.07) is 13.2. The molecule has 1 saturated carbocycles. The van der Waals surface area contributed by atoms with Gasteiger partial charge in [-0.1, -0.05) is 37.3 Å². The zero-order chi connectivity index (χ0) is 19.1. The van der Waals surface area contributed by atoms with Crippen LogP contribution in [0.2, 0.25) is 0 Å². The molecule has 0 spiro atoms. The summed E-state index contributed by atoms with van der Waals surface area (Å²) < 4.78 is 10.4. The number of aromatic nitrogens is 1. The number of anilines is 1. The number of nitrogens with one attached hydrogen (secondary N) is 1. The number of hydrogen-bond donors (Lipinski definition) is 1. The summed E-state index contributed by atoms with van der Waals surface area (Å²) in [7, 11) is 0. The van der Waals surface area contributed by atoms with Crippen LogP contribution in [-0.2, 0) is 14.3 Å². The largest absolute Gasteiger partial charge is 0.508 e. The molecule has 1 heterocycles. The molecule has 1 aromatic heterocycles. The van der Waals surface area contributed by atoms with Crippen LogP contribution in [0.15, 0.2) is 54.9 Å². The fourth-order valence-corrected chi connectivity index (χ4v) is 3.31. The number of rotatable bonds is 6. The Labute approximate surface area is 158 Å². The number of hydrogen-bond acceptors (Lipinski definition) is 6. The van der Waals surface area contributed by atoms with Gasteiger partial charge >= 0.3 is 6.16 Å². The number of pyridine rings is 1. The number of carbonyl (C=O) groups is 2. The molecule has 1 fully saturated rings. The highest BCUT2D eigenvalue weighted by molar-refractivity contribution is 5.92. The maximum absolute atomic E-state index is 12.9. The number of ether oxygens (including phenoxy) is 2. The Kier molecular flexibility index (Phi) is 6.41. The second-order valence-electron chi connectivity index (χ2n) is 6.62. The Morgan fingerprint density at radius 2 is 2.00 bits per heavy atom. The Bertz CT molecular complexity index is 751. The molecule has 0 amide bonds. The van der Waals surface area contributed by atoms with Crippen molar-refractivity contribution in [3.63, 3.8) is 0 Å². The van der Waals surface area contributed by atoms with E-state index in [9.17, 15) is 9.59 Å². The molecule has 27 heavy (non-hydrogen) atoms. The van der Waals surface area contributed by atoms with Gasteiger partial charge in [0.15, 0.2) is 11.9 Å². The summed E-state index contributed by atoms with van der Waals surface area (Å²) in [6.45, 7) is 2.18. The minimum atomic E-state index is -0.831. The van der Waals surface area contributed by atoms with E-state index in [1.165, 1.54) is 0 Å². The Hall–Kier alpha value is -2.89. The standard InChI is InChI=1S/C21H24N2O4/c1-2-11-26-21(25)27-19-13-16(15-7-4-3-5-8-15)12-18(20(19)24)23-17-9-6-10-22-14-17/h3-10,14,16,18-19,23H,2,11-13H2,1H3. The maximum atomic E-state index is 12.9. The monoisotopic (exact) mass is 368 g/mol. The van der Waals surface area contributed by atoms with Crippen molar-refractivity contribution in [3.05, 3.63) is 60.4 Å². The number of nitrogens with zero attached hydrogens (tertiary/aromatic N) is 1. The van der Waals surface area contributed by atoms with Crippen LogP contribution in [-0.4, -0.2) is 35.7 Å². The van der Waals surface area contributed by atoms with Crippen molar-refractivity contribution in [2.45, 2.75) is 44.2 Å². The van der Waals surface area contributed by atoms with Crippen molar-refractivity contribution < 1.29 is 19.1 Å². The first-order valence-electron chi connectivity index (χ1n) is 9.26. The first-order valence-corrected chi connectivity index (χ1v) is 9.26. The van der Waals surface area contributed by atoms with E-state index in [0.29, 0.717) is 19.3 Å². The van der Waals surface area contributed by atoms with Crippen molar-refractivity contribution in [1.29, 1.82) is 0 Å². The molecule has 3 rings (SSSR count). The summed E-state index contributed by atoms with van der Waals surface area (Å²) >= 11 is 0. The Morgan fingerprint density at radius 1 is 1.19 bits per heavy atom. The molecule has 0 aliphatic heterocycles. The van der Waals surface area contributed by atoms with Gasteiger partial charge in [-0.25, -0.2) is 4.79 Å². The molecule has 2 aromatic rings. The molecule has 3 unspecified atom stereocenters. The second kappa shape index (κ2) is 9.16. The Morgan fingerprint density at radius 3 is 2.70 bits per heavy atom. The van der Waals surface area contributed by atoms with Crippen LogP contribution in [0.1, 0.15) is 37.7 Å². The molecule has 1 aliphatic carbocycles. The molecular weight excluding hydrogens is 344 g/mol. The predicted octanol–water partition coefficient (Wildman–Crippen LogP) is 3.94. The first kappa shape index (κ1) is 18.9. The lowest BCUT2D eigenvalue weighted by molar-refractivity contribution is -0.132. The summed E-state index contributed by atoms with van der Waals surface area (Å²) in [5.41, 5.74) is 1.88. The molecular formula is C21H24N2O4. The molecule has 1 aliphatic rings. The molecule has 6 nitrogen and oxygen atoms in total. The van der Waals surface area contributed by atoms with Crippen LogP contribution in [0.4, 0.5) is 10.5 Å². The highest BCUT2D eigenvalue weighted by Gasteiger charge is 2.39. The van der Waals surface area contributed by atoms with E-state index < -0.39 is 18.3 Å². The van der Waals surface area contributed by atoms with Gasteiger partial charge in [-0.3, -0.25) is 9.78 Å². The number of carbonyl (C=O) groups excluding carboxylic acids is 2. The fraction of sp³-hybridized carbons (Fsp3) is 0.381. The average molecular weight is 368 g/mol. The molecule has 1 N–H and O–H groups in total. The highest BCUT2D eigenvalue weighted by atomic mass is 16.7. The van der Waals surface area contributed by atoms with Gasteiger partial charge in [0.1, 0.15) is 0 Å². The lowest BCUT2D eigenvalue weighted by Crippen LogP contribution is -2.46. The van der Waals surface area contributed by atoms with Crippen LogP contribution in [0, 0.1) is 0 Å². The summed E-state index contributed by atoms with van der Waals surface area (Å²) in [6.07, 6.45) is 3.51. The Balaban J connectivity index is 1.77. The van der Waals surface area contributed by atoms with E-state index in [4.69, 9.17) is 9.47 Å². The van der Waals surface area contributed by atoms with Crippen molar-refractivity contribution in [2.24, 2.45) is 0 Å². The van der Waals surface area contributed by atoms with E-state index >= 15 is 0 Å². The summed E-state index contributed by atoms with van der Waals surface area (Å²) in [4.78, 5) is 28.9. The zero-order valence-corrected chi connectivity index (χ0v) is 15.3. The zero-order valence-electron chi connectivity index (χ0n) is 15.3. The second-order valence-corrected chi connectivity index (χ2v) is 6.62. The molecule has 3 atom stereocenters. The lowest BCUT2D eigenvalue weighted by Gasteiger charge is -2.34. The number of ketones is 1. The quantitative estimate of drug-likeness (QED) is 0.778. The van der Waals surface area contributed by atoms with Crippen molar-refractivity contribution in [2.75, 3.05) is 11.9 Å².